The van der Waals surface area contributed by atoms with Crippen LogP contribution in [0.3, 0.4) is 0 Å². The zero-order valence-corrected chi connectivity index (χ0v) is 25.0. The summed E-state index contributed by atoms with van der Waals surface area (Å²) in [5.41, 5.74) is 3.86. The molecular formula is C31H32Cl2N4O5. The van der Waals surface area contributed by atoms with Crippen LogP contribution in [-0.2, 0) is 14.3 Å². The van der Waals surface area contributed by atoms with Gasteiger partial charge in [-0.1, -0.05) is 53.5 Å². The Morgan fingerprint density at radius 2 is 1.71 bits per heavy atom. The van der Waals surface area contributed by atoms with Crippen LogP contribution in [0.2, 0.25) is 10.0 Å². The van der Waals surface area contributed by atoms with Crippen molar-refractivity contribution >= 4 is 46.6 Å². The minimum atomic E-state index is -0.338. The van der Waals surface area contributed by atoms with Gasteiger partial charge in [0.1, 0.15) is 12.3 Å². The Morgan fingerprint density at radius 1 is 1.00 bits per heavy atom. The first-order valence-electron chi connectivity index (χ1n) is 13.7. The SMILES string of the molecule is CNC(=O)c1ccc(-c2cccc(C(CN3CCOCC3)N(C)C(=O)CN3C(=O)COc4cc(Cl)c(Cl)cc43)c2)cc1. The Morgan fingerprint density at radius 3 is 2.43 bits per heavy atom. The third kappa shape index (κ3) is 6.55. The lowest BCUT2D eigenvalue weighted by atomic mass is 9.97. The largest absolute Gasteiger partial charge is 0.482 e. The van der Waals surface area contributed by atoms with E-state index >= 15 is 0 Å². The summed E-state index contributed by atoms with van der Waals surface area (Å²) < 4.78 is 11.1. The van der Waals surface area contributed by atoms with Crippen molar-refractivity contribution < 1.29 is 23.9 Å². The Kier molecular flexibility index (Phi) is 9.33. The number of rotatable bonds is 8. The molecule has 0 aliphatic carbocycles. The van der Waals surface area contributed by atoms with Gasteiger partial charge in [-0.3, -0.25) is 24.2 Å². The molecule has 0 spiro atoms. The lowest BCUT2D eigenvalue weighted by molar-refractivity contribution is -0.133. The van der Waals surface area contributed by atoms with E-state index in [2.05, 4.69) is 16.3 Å². The van der Waals surface area contributed by atoms with E-state index in [1.807, 2.05) is 30.3 Å². The highest BCUT2D eigenvalue weighted by Gasteiger charge is 2.32. The van der Waals surface area contributed by atoms with E-state index in [4.69, 9.17) is 32.7 Å². The van der Waals surface area contributed by atoms with Gasteiger partial charge < -0.3 is 19.7 Å². The molecule has 0 aromatic heterocycles. The van der Waals surface area contributed by atoms with Crippen LogP contribution in [0.4, 0.5) is 5.69 Å². The first-order chi connectivity index (χ1) is 20.2. The summed E-state index contributed by atoms with van der Waals surface area (Å²) in [4.78, 5) is 44.0. The first-order valence-corrected chi connectivity index (χ1v) is 14.4. The first kappa shape index (κ1) is 29.8. The van der Waals surface area contributed by atoms with E-state index in [1.54, 1.807) is 43.3 Å². The number of likely N-dealkylation sites (N-methyl/N-ethyl adjacent to an activating group) is 1. The molecule has 3 amide bonds. The number of nitrogens with one attached hydrogen (secondary N) is 1. The van der Waals surface area contributed by atoms with Crippen LogP contribution in [0.25, 0.3) is 11.1 Å². The van der Waals surface area contributed by atoms with E-state index in [9.17, 15) is 14.4 Å². The van der Waals surface area contributed by atoms with Gasteiger partial charge in [-0.15, -0.1) is 0 Å². The summed E-state index contributed by atoms with van der Waals surface area (Å²) in [5.74, 6) is -0.317. The number of carbonyl (C=O) groups excluding carboxylic acids is 3. The molecule has 2 aliphatic heterocycles. The molecule has 220 valence electrons. The third-order valence-electron chi connectivity index (χ3n) is 7.61. The smallest absolute Gasteiger partial charge is 0.265 e. The molecule has 11 heteroatoms. The Labute approximate surface area is 254 Å². The number of morpholine rings is 1. The summed E-state index contributed by atoms with van der Waals surface area (Å²) >= 11 is 12.4. The second-order valence-electron chi connectivity index (χ2n) is 10.2. The van der Waals surface area contributed by atoms with Crippen LogP contribution in [0.5, 0.6) is 5.75 Å². The van der Waals surface area contributed by atoms with Crippen LogP contribution < -0.4 is 15.0 Å². The molecule has 2 aliphatic rings. The van der Waals surface area contributed by atoms with Crippen LogP contribution >= 0.6 is 23.2 Å². The molecule has 1 fully saturated rings. The second kappa shape index (κ2) is 13.1. The predicted octanol–water partition coefficient (Wildman–Crippen LogP) is 4.28. The van der Waals surface area contributed by atoms with E-state index in [0.29, 0.717) is 41.8 Å². The monoisotopic (exact) mass is 610 g/mol. The van der Waals surface area contributed by atoms with Gasteiger partial charge in [-0.2, -0.15) is 0 Å². The van der Waals surface area contributed by atoms with Crippen molar-refractivity contribution in [2.24, 2.45) is 0 Å². The molecule has 0 saturated carbocycles. The number of fused-ring (bicyclic) bond motifs is 1. The maximum absolute atomic E-state index is 13.8. The lowest BCUT2D eigenvalue weighted by Crippen LogP contribution is -2.48. The van der Waals surface area contributed by atoms with Gasteiger partial charge in [0.15, 0.2) is 6.61 Å². The van der Waals surface area contributed by atoms with Crippen molar-refractivity contribution in [3.8, 4) is 16.9 Å². The number of carbonyl (C=O) groups is 3. The molecule has 1 N–H and O–H groups in total. The highest BCUT2D eigenvalue weighted by atomic mass is 35.5. The van der Waals surface area contributed by atoms with E-state index in [-0.39, 0.29) is 41.9 Å². The van der Waals surface area contributed by atoms with E-state index in [1.165, 1.54) is 4.90 Å². The molecular weight excluding hydrogens is 579 g/mol. The number of hydrogen-bond acceptors (Lipinski definition) is 6. The standard InChI is InChI=1S/C31H32Cl2N4O5/c1-34-31(40)21-8-6-20(7-9-21)22-4-3-5-23(14-22)27(17-36-10-12-41-13-11-36)35(2)29(38)18-37-26-15-24(32)25(33)16-28(26)42-19-30(37)39/h3-9,14-16,27H,10-13,17-19H2,1-2H3,(H,34,40). The highest BCUT2D eigenvalue weighted by Crippen LogP contribution is 2.39. The molecule has 0 bridgehead atoms. The molecule has 2 heterocycles. The number of amides is 3. The third-order valence-corrected chi connectivity index (χ3v) is 8.34. The van der Waals surface area contributed by atoms with Crippen LogP contribution in [-0.4, -0.2) is 87.6 Å². The molecule has 3 aromatic rings. The average Bonchev–Trinajstić information content (AvgIpc) is 3.02. The van der Waals surface area contributed by atoms with Crippen molar-refractivity contribution in [1.29, 1.82) is 0 Å². The minimum Gasteiger partial charge on any atom is -0.482 e. The normalized spacial score (nSPS) is 15.9. The lowest BCUT2D eigenvalue weighted by Gasteiger charge is -2.37. The van der Waals surface area contributed by atoms with Crippen LogP contribution in [0.15, 0.2) is 60.7 Å². The van der Waals surface area contributed by atoms with Gasteiger partial charge in [0.2, 0.25) is 5.91 Å². The molecule has 9 nitrogen and oxygen atoms in total. The fraction of sp³-hybridized carbons (Fsp3) is 0.323. The van der Waals surface area contributed by atoms with Gasteiger partial charge in [-0.25, -0.2) is 0 Å². The molecule has 1 unspecified atom stereocenters. The van der Waals surface area contributed by atoms with Crippen LogP contribution in [0, 0.1) is 0 Å². The fourth-order valence-electron chi connectivity index (χ4n) is 5.15. The summed E-state index contributed by atoms with van der Waals surface area (Å²) in [6.07, 6.45) is 0. The fourth-order valence-corrected chi connectivity index (χ4v) is 5.47. The Balaban J connectivity index is 1.42. The zero-order valence-electron chi connectivity index (χ0n) is 23.4. The molecule has 1 saturated heterocycles. The Hall–Kier alpha value is -3.63. The van der Waals surface area contributed by atoms with Crippen molar-refractivity contribution in [3.05, 3.63) is 81.8 Å². The molecule has 5 rings (SSSR count). The quantitative estimate of drug-likeness (QED) is 0.409. The van der Waals surface area contributed by atoms with Gasteiger partial charge in [0.05, 0.1) is 35.0 Å². The highest BCUT2D eigenvalue weighted by molar-refractivity contribution is 6.42. The van der Waals surface area contributed by atoms with Crippen LogP contribution in [0.1, 0.15) is 22.0 Å². The summed E-state index contributed by atoms with van der Waals surface area (Å²) in [6.45, 7) is 3.00. The van der Waals surface area contributed by atoms with E-state index in [0.717, 1.165) is 29.8 Å². The van der Waals surface area contributed by atoms with Gasteiger partial charge in [0.25, 0.3) is 11.8 Å². The number of halogens is 2. The number of hydrogen-bond donors (Lipinski definition) is 1. The number of nitrogens with zero attached hydrogens (tertiary/aromatic N) is 3. The molecule has 42 heavy (non-hydrogen) atoms. The van der Waals surface area contributed by atoms with Gasteiger partial charge in [-0.05, 0) is 41.0 Å². The topological polar surface area (TPSA) is 91.4 Å². The summed E-state index contributed by atoms with van der Waals surface area (Å²) in [7, 11) is 3.36. The summed E-state index contributed by atoms with van der Waals surface area (Å²) in [5, 5.41) is 3.21. The van der Waals surface area contributed by atoms with Gasteiger partial charge in [0, 0.05) is 45.4 Å². The minimum absolute atomic E-state index is 0.146. The summed E-state index contributed by atoms with van der Waals surface area (Å²) in [6, 6.07) is 18.3. The predicted molar refractivity (Wildman–Crippen MR) is 162 cm³/mol. The van der Waals surface area contributed by atoms with Crippen molar-refractivity contribution in [1.82, 2.24) is 15.1 Å². The zero-order chi connectivity index (χ0) is 29.8. The maximum Gasteiger partial charge on any atom is 0.265 e. The second-order valence-corrected chi connectivity index (χ2v) is 11.0. The van der Waals surface area contributed by atoms with Crippen molar-refractivity contribution in [3.63, 3.8) is 0 Å². The maximum atomic E-state index is 13.8. The van der Waals surface area contributed by atoms with Gasteiger partial charge >= 0.3 is 0 Å². The van der Waals surface area contributed by atoms with Crippen molar-refractivity contribution in [2.45, 2.75) is 6.04 Å². The molecule has 3 aromatic carbocycles. The van der Waals surface area contributed by atoms with Crippen molar-refractivity contribution in [2.75, 3.05) is 65.0 Å². The number of benzene rings is 3. The Bertz CT molecular complexity index is 1480. The molecule has 1 atom stereocenters. The molecule has 0 radical (unpaired) electrons. The number of ether oxygens (including phenoxy) is 2. The average molecular weight is 612 g/mol. The van der Waals surface area contributed by atoms with E-state index < -0.39 is 0 Å². The number of anilines is 1.